The van der Waals surface area contributed by atoms with Gasteiger partial charge >= 0.3 is 5.97 Å². The third-order valence-corrected chi connectivity index (χ3v) is 3.54. The normalized spacial score (nSPS) is 19.4. The zero-order valence-corrected chi connectivity index (χ0v) is 11.9. The first-order chi connectivity index (χ1) is 9.47. The molecule has 0 radical (unpaired) electrons. The molecule has 0 spiro atoms. The van der Waals surface area contributed by atoms with Crippen molar-refractivity contribution in [2.45, 2.75) is 33.1 Å². The Morgan fingerprint density at radius 1 is 1.55 bits per heavy atom. The molecule has 0 aromatic carbocycles. The molecule has 0 saturated carbocycles. The first kappa shape index (κ1) is 14.6. The van der Waals surface area contributed by atoms with E-state index in [0.717, 1.165) is 18.5 Å². The molecule has 1 fully saturated rings. The smallest absolute Gasteiger partial charge is 0.308 e. The van der Waals surface area contributed by atoms with Crippen LogP contribution in [0, 0.1) is 11.8 Å². The van der Waals surface area contributed by atoms with Crippen LogP contribution >= 0.6 is 0 Å². The fourth-order valence-electron chi connectivity index (χ4n) is 2.54. The second-order valence-electron chi connectivity index (χ2n) is 5.80. The highest BCUT2D eigenvalue weighted by atomic mass is 16.4. The van der Waals surface area contributed by atoms with Crippen molar-refractivity contribution in [1.29, 1.82) is 0 Å². The van der Waals surface area contributed by atoms with E-state index in [1.54, 1.807) is 11.0 Å². The summed E-state index contributed by atoms with van der Waals surface area (Å²) in [6.45, 7) is 5.09. The number of aliphatic carboxylic acids is 1. The molecule has 1 aliphatic rings. The molecule has 1 aromatic heterocycles. The van der Waals surface area contributed by atoms with Crippen molar-refractivity contribution >= 4 is 11.9 Å². The van der Waals surface area contributed by atoms with Gasteiger partial charge in [-0.25, -0.2) is 0 Å². The summed E-state index contributed by atoms with van der Waals surface area (Å²) in [5.74, 6) is -0.973. The molecule has 1 saturated heterocycles. The number of carboxylic acids is 1. The molecule has 20 heavy (non-hydrogen) atoms. The molecule has 2 N–H and O–H groups in total. The number of aromatic amines is 1. The van der Waals surface area contributed by atoms with E-state index in [0.29, 0.717) is 24.6 Å². The SMILES string of the molecule is CC(C)Cc1cc(C(=O)N2CCC[C@@H](C(=O)O)C2)n[nH]1. The average Bonchev–Trinajstić information content (AvgIpc) is 2.85. The summed E-state index contributed by atoms with van der Waals surface area (Å²) < 4.78 is 0. The summed E-state index contributed by atoms with van der Waals surface area (Å²) in [5.41, 5.74) is 1.32. The Morgan fingerprint density at radius 3 is 2.95 bits per heavy atom. The van der Waals surface area contributed by atoms with Gasteiger partial charge in [0, 0.05) is 18.8 Å². The van der Waals surface area contributed by atoms with Crippen LogP contribution in [0.4, 0.5) is 0 Å². The van der Waals surface area contributed by atoms with Crippen molar-refractivity contribution in [3.63, 3.8) is 0 Å². The van der Waals surface area contributed by atoms with Gasteiger partial charge in [0.25, 0.3) is 5.91 Å². The van der Waals surface area contributed by atoms with Crippen LogP contribution in [0.15, 0.2) is 6.07 Å². The maximum absolute atomic E-state index is 12.3. The Hall–Kier alpha value is -1.85. The van der Waals surface area contributed by atoms with E-state index in [2.05, 4.69) is 24.0 Å². The predicted molar refractivity (Wildman–Crippen MR) is 73.4 cm³/mol. The molecule has 1 aliphatic heterocycles. The van der Waals surface area contributed by atoms with Crippen LogP contribution in [0.2, 0.25) is 0 Å². The first-order valence-electron chi connectivity index (χ1n) is 7.03. The molecule has 1 aromatic rings. The monoisotopic (exact) mass is 279 g/mol. The Balaban J connectivity index is 2.03. The van der Waals surface area contributed by atoms with E-state index in [1.165, 1.54) is 0 Å². The second kappa shape index (κ2) is 6.07. The van der Waals surface area contributed by atoms with Crippen LogP contribution in [0.1, 0.15) is 42.9 Å². The summed E-state index contributed by atoms with van der Waals surface area (Å²) in [4.78, 5) is 24.9. The highest BCUT2D eigenvalue weighted by molar-refractivity contribution is 5.92. The minimum atomic E-state index is -0.829. The number of carboxylic acid groups (broad SMARTS) is 1. The maximum atomic E-state index is 12.3. The van der Waals surface area contributed by atoms with E-state index >= 15 is 0 Å². The second-order valence-corrected chi connectivity index (χ2v) is 5.80. The lowest BCUT2D eigenvalue weighted by atomic mass is 9.98. The number of rotatable bonds is 4. The molecule has 0 bridgehead atoms. The van der Waals surface area contributed by atoms with Gasteiger partial charge in [0.2, 0.25) is 0 Å². The Morgan fingerprint density at radius 2 is 2.30 bits per heavy atom. The Labute approximate surface area is 118 Å². The summed E-state index contributed by atoms with van der Waals surface area (Å²) in [7, 11) is 0. The lowest BCUT2D eigenvalue weighted by Gasteiger charge is -2.30. The number of nitrogens with one attached hydrogen (secondary N) is 1. The zero-order valence-electron chi connectivity index (χ0n) is 11.9. The van der Waals surface area contributed by atoms with Gasteiger partial charge in [0.05, 0.1) is 5.92 Å². The van der Waals surface area contributed by atoms with Crippen molar-refractivity contribution in [3.05, 3.63) is 17.5 Å². The number of hydrogen-bond acceptors (Lipinski definition) is 3. The van der Waals surface area contributed by atoms with E-state index in [1.807, 2.05) is 0 Å². The number of piperidine rings is 1. The third kappa shape index (κ3) is 3.37. The standard InChI is InChI=1S/C14H21N3O3/c1-9(2)6-11-7-12(16-15-11)13(18)17-5-3-4-10(8-17)14(19)20/h7,9-10H,3-6,8H2,1-2H3,(H,15,16)(H,19,20)/t10-/m1/s1. The number of nitrogens with zero attached hydrogens (tertiary/aromatic N) is 2. The molecule has 1 amide bonds. The Kier molecular flexibility index (Phi) is 4.42. The van der Waals surface area contributed by atoms with Gasteiger partial charge in [-0.1, -0.05) is 13.8 Å². The number of carbonyl (C=O) groups excluding carboxylic acids is 1. The number of H-pyrrole nitrogens is 1. The lowest BCUT2D eigenvalue weighted by Crippen LogP contribution is -2.42. The third-order valence-electron chi connectivity index (χ3n) is 3.54. The quantitative estimate of drug-likeness (QED) is 0.875. The van der Waals surface area contributed by atoms with E-state index in [4.69, 9.17) is 5.11 Å². The summed E-state index contributed by atoms with van der Waals surface area (Å²) in [6.07, 6.45) is 2.21. The van der Waals surface area contributed by atoms with Gasteiger partial charge < -0.3 is 10.0 Å². The van der Waals surface area contributed by atoms with Crippen LogP contribution < -0.4 is 0 Å². The zero-order chi connectivity index (χ0) is 14.7. The van der Waals surface area contributed by atoms with Crippen LogP contribution in [0.3, 0.4) is 0 Å². The van der Waals surface area contributed by atoms with Crippen molar-refractivity contribution in [2.75, 3.05) is 13.1 Å². The first-order valence-corrected chi connectivity index (χ1v) is 7.03. The molecule has 1 atom stereocenters. The summed E-state index contributed by atoms with van der Waals surface area (Å²) in [5, 5.41) is 16.0. The molecular formula is C14H21N3O3. The topological polar surface area (TPSA) is 86.3 Å². The number of hydrogen-bond donors (Lipinski definition) is 2. The summed E-state index contributed by atoms with van der Waals surface area (Å²) in [6, 6.07) is 1.77. The van der Waals surface area contributed by atoms with Crippen molar-refractivity contribution < 1.29 is 14.7 Å². The predicted octanol–water partition coefficient (Wildman–Crippen LogP) is 1.54. The average molecular weight is 279 g/mol. The molecule has 0 unspecified atom stereocenters. The van der Waals surface area contributed by atoms with Crippen molar-refractivity contribution in [2.24, 2.45) is 11.8 Å². The molecule has 110 valence electrons. The van der Waals surface area contributed by atoms with Crippen LogP contribution in [-0.4, -0.2) is 45.2 Å². The minimum Gasteiger partial charge on any atom is -0.481 e. The van der Waals surface area contributed by atoms with Gasteiger partial charge in [-0.15, -0.1) is 0 Å². The maximum Gasteiger partial charge on any atom is 0.308 e. The lowest BCUT2D eigenvalue weighted by molar-refractivity contribution is -0.143. The number of carbonyl (C=O) groups is 2. The molecule has 2 rings (SSSR count). The fraction of sp³-hybridized carbons (Fsp3) is 0.643. The van der Waals surface area contributed by atoms with Gasteiger partial charge in [-0.2, -0.15) is 5.10 Å². The van der Waals surface area contributed by atoms with E-state index in [9.17, 15) is 9.59 Å². The highest BCUT2D eigenvalue weighted by Gasteiger charge is 2.29. The molecule has 6 nitrogen and oxygen atoms in total. The van der Waals surface area contributed by atoms with Crippen molar-refractivity contribution in [1.82, 2.24) is 15.1 Å². The molecule has 0 aliphatic carbocycles. The molecular weight excluding hydrogens is 258 g/mol. The van der Waals surface area contributed by atoms with Crippen LogP contribution in [-0.2, 0) is 11.2 Å². The summed E-state index contributed by atoms with van der Waals surface area (Å²) >= 11 is 0. The van der Waals surface area contributed by atoms with Gasteiger partial charge in [0.15, 0.2) is 0 Å². The molecule has 6 heteroatoms. The largest absolute Gasteiger partial charge is 0.481 e. The minimum absolute atomic E-state index is 0.179. The van der Waals surface area contributed by atoms with Gasteiger partial charge in [0.1, 0.15) is 5.69 Å². The van der Waals surface area contributed by atoms with E-state index in [-0.39, 0.29) is 12.5 Å². The van der Waals surface area contributed by atoms with Crippen molar-refractivity contribution in [3.8, 4) is 0 Å². The highest BCUT2D eigenvalue weighted by Crippen LogP contribution is 2.18. The Bertz CT molecular complexity index is 496. The van der Waals surface area contributed by atoms with Gasteiger partial charge in [-0.05, 0) is 31.2 Å². The number of likely N-dealkylation sites (tertiary alicyclic amines) is 1. The van der Waals surface area contributed by atoms with E-state index < -0.39 is 11.9 Å². The number of aromatic nitrogens is 2. The van der Waals surface area contributed by atoms with Crippen LogP contribution in [0.5, 0.6) is 0 Å². The fourth-order valence-corrected chi connectivity index (χ4v) is 2.54. The molecule has 2 heterocycles. The van der Waals surface area contributed by atoms with Crippen LogP contribution in [0.25, 0.3) is 0 Å². The number of amides is 1. The van der Waals surface area contributed by atoms with Gasteiger partial charge in [-0.3, -0.25) is 14.7 Å².